The second-order valence-corrected chi connectivity index (χ2v) is 9.28. The second kappa shape index (κ2) is 9.19. The van der Waals surface area contributed by atoms with E-state index in [0.29, 0.717) is 34.7 Å². The summed E-state index contributed by atoms with van der Waals surface area (Å²) >= 11 is 6.09. The fourth-order valence-electron chi connectivity index (χ4n) is 4.49. The average molecular weight is 477 g/mol. The normalized spacial score (nSPS) is 29.5. The van der Waals surface area contributed by atoms with Crippen LogP contribution < -0.4 is 16.0 Å². The lowest BCUT2D eigenvalue weighted by Gasteiger charge is -2.49. The number of nitrogens with zero attached hydrogens (tertiary/aromatic N) is 1. The molecule has 2 heterocycles. The molecule has 10 heteroatoms. The lowest BCUT2D eigenvalue weighted by molar-refractivity contribution is -0.200. The van der Waals surface area contributed by atoms with E-state index in [1.54, 1.807) is 37.3 Å². The number of benzene rings is 2. The number of aliphatic hydroxyl groups is 4. The van der Waals surface area contributed by atoms with Gasteiger partial charge in [-0.05, 0) is 56.0 Å². The predicted octanol–water partition coefficient (Wildman–Crippen LogP) is 2.05. The van der Waals surface area contributed by atoms with Crippen LogP contribution in [0, 0.1) is 6.92 Å². The summed E-state index contributed by atoms with van der Waals surface area (Å²) in [7, 11) is 0. The lowest BCUT2D eigenvalue weighted by Crippen LogP contribution is -2.65. The van der Waals surface area contributed by atoms with Gasteiger partial charge in [-0.15, -0.1) is 0 Å². The molecule has 5 atom stereocenters. The molecular formula is C23H29ClN4O5. The molecule has 1 saturated heterocycles. The molecule has 2 aliphatic rings. The number of hydrogen-bond acceptors (Lipinski definition) is 7. The minimum atomic E-state index is -1.16. The molecule has 0 radical (unpaired) electrons. The lowest BCUT2D eigenvalue weighted by atomic mass is 9.87. The number of piperidine rings is 1. The van der Waals surface area contributed by atoms with Crippen molar-refractivity contribution in [2.75, 3.05) is 5.32 Å². The molecule has 0 aliphatic carbocycles. The molecule has 0 saturated carbocycles. The van der Waals surface area contributed by atoms with E-state index in [0.717, 1.165) is 11.1 Å². The Morgan fingerprint density at radius 3 is 2.58 bits per heavy atom. The van der Waals surface area contributed by atoms with Gasteiger partial charge in [0.25, 0.3) is 0 Å². The molecule has 9 nitrogen and oxygen atoms in total. The van der Waals surface area contributed by atoms with Crippen LogP contribution in [0.4, 0.5) is 10.5 Å². The summed E-state index contributed by atoms with van der Waals surface area (Å²) in [6.07, 6.45) is -3.51. The number of urea groups is 1. The van der Waals surface area contributed by atoms with E-state index in [1.807, 2.05) is 13.0 Å². The highest BCUT2D eigenvalue weighted by molar-refractivity contribution is 6.31. The summed E-state index contributed by atoms with van der Waals surface area (Å²) in [5, 5.41) is 50.9. The molecule has 0 aromatic heterocycles. The van der Waals surface area contributed by atoms with Gasteiger partial charge >= 0.3 is 6.03 Å². The van der Waals surface area contributed by atoms with E-state index in [1.165, 1.54) is 4.90 Å². The second-order valence-electron chi connectivity index (χ2n) is 8.87. The Morgan fingerprint density at radius 1 is 1.15 bits per heavy atom. The monoisotopic (exact) mass is 476 g/mol. The molecule has 33 heavy (non-hydrogen) atoms. The molecule has 7 N–H and O–H groups in total. The molecule has 1 fully saturated rings. The molecule has 2 aromatic rings. The first-order valence-corrected chi connectivity index (χ1v) is 11.2. The molecule has 2 aromatic carbocycles. The third-order valence-corrected chi connectivity index (χ3v) is 6.98. The zero-order valence-corrected chi connectivity index (χ0v) is 19.2. The maximum atomic E-state index is 12.3. The summed E-state index contributed by atoms with van der Waals surface area (Å²) in [6, 6.07) is 10.1. The largest absolute Gasteiger partial charge is 0.379 e. The summed E-state index contributed by atoms with van der Waals surface area (Å²) < 4.78 is 0. The van der Waals surface area contributed by atoms with Gasteiger partial charge in [0.05, 0.1) is 5.54 Å². The minimum Gasteiger partial charge on any atom is -0.379 e. The third kappa shape index (κ3) is 4.58. The van der Waals surface area contributed by atoms with E-state index in [9.17, 15) is 25.2 Å². The highest BCUT2D eigenvalue weighted by atomic mass is 35.5. The van der Waals surface area contributed by atoms with Crippen molar-refractivity contribution in [2.24, 2.45) is 0 Å². The molecule has 4 rings (SSSR count). The number of halogens is 1. The van der Waals surface area contributed by atoms with Crippen LogP contribution in [0.3, 0.4) is 0 Å². The Kier molecular flexibility index (Phi) is 6.66. The number of aliphatic hydroxyl groups excluding tert-OH is 4. The van der Waals surface area contributed by atoms with Crippen LogP contribution >= 0.6 is 11.6 Å². The van der Waals surface area contributed by atoms with Crippen LogP contribution in [0.15, 0.2) is 36.4 Å². The number of hydrogen-bond donors (Lipinski definition) is 7. The van der Waals surface area contributed by atoms with Crippen molar-refractivity contribution in [3.8, 4) is 0 Å². The van der Waals surface area contributed by atoms with Crippen molar-refractivity contribution in [3.63, 3.8) is 0 Å². The van der Waals surface area contributed by atoms with Crippen molar-refractivity contribution in [3.05, 3.63) is 63.7 Å². The topological polar surface area (TPSA) is 137 Å². The fourth-order valence-corrected chi connectivity index (χ4v) is 4.67. The molecule has 0 bridgehead atoms. The number of amides is 2. The Balaban J connectivity index is 1.44. The predicted molar refractivity (Wildman–Crippen MR) is 123 cm³/mol. The van der Waals surface area contributed by atoms with Gasteiger partial charge < -0.3 is 31.1 Å². The Morgan fingerprint density at radius 2 is 1.88 bits per heavy atom. The molecule has 2 aliphatic heterocycles. The van der Waals surface area contributed by atoms with Gasteiger partial charge in [0.15, 0.2) is 0 Å². The van der Waals surface area contributed by atoms with Crippen molar-refractivity contribution in [1.29, 1.82) is 0 Å². The van der Waals surface area contributed by atoms with E-state index < -0.39 is 36.5 Å². The smallest absolute Gasteiger partial charge is 0.319 e. The van der Waals surface area contributed by atoms with E-state index >= 15 is 0 Å². The average Bonchev–Trinajstić information content (AvgIpc) is 3.02. The summed E-state index contributed by atoms with van der Waals surface area (Å²) in [5.41, 5.74) is 2.27. The molecule has 2 amide bonds. The SMILES string of the molecule is Cc1ccc(NC(=O)NCc2ccc3c(c2)C(O)N(C2(C)CCC(O)NC2O)C3O)cc1Cl. The van der Waals surface area contributed by atoms with Gasteiger partial charge in [-0.2, -0.15) is 0 Å². The molecular weight excluding hydrogens is 448 g/mol. The molecule has 5 unspecified atom stereocenters. The molecule has 0 spiro atoms. The number of aryl methyl sites for hydroxylation is 1. The quantitative estimate of drug-likeness (QED) is 0.358. The van der Waals surface area contributed by atoms with E-state index in [4.69, 9.17) is 11.6 Å². The van der Waals surface area contributed by atoms with Gasteiger partial charge in [0, 0.05) is 28.4 Å². The summed E-state index contributed by atoms with van der Waals surface area (Å²) in [5.74, 6) is 0. The zero-order chi connectivity index (χ0) is 23.9. The number of rotatable bonds is 4. The van der Waals surface area contributed by atoms with Gasteiger partial charge in [0.1, 0.15) is 24.9 Å². The minimum absolute atomic E-state index is 0.204. The Bertz CT molecular complexity index is 1050. The van der Waals surface area contributed by atoms with Crippen LogP contribution in [0.25, 0.3) is 0 Å². The van der Waals surface area contributed by atoms with Crippen molar-refractivity contribution >= 4 is 23.3 Å². The van der Waals surface area contributed by atoms with E-state index in [-0.39, 0.29) is 6.54 Å². The van der Waals surface area contributed by atoms with Crippen LogP contribution in [0.1, 0.15) is 54.5 Å². The van der Waals surface area contributed by atoms with Crippen molar-refractivity contribution < 1.29 is 25.2 Å². The van der Waals surface area contributed by atoms with Crippen LogP contribution in [0.2, 0.25) is 5.02 Å². The summed E-state index contributed by atoms with van der Waals surface area (Å²) in [6.45, 7) is 3.82. The Hall–Kier alpha value is -2.24. The van der Waals surface area contributed by atoms with Crippen LogP contribution in [-0.2, 0) is 6.54 Å². The van der Waals surface area contributed by atoms with Gasteiger partial charge in [-0.3, -0.25) is 5.32 Å². The van der Waals surface area contributed by atoms with E-state index in [2.05, 4.69) is 16.0 Å². The third-order valence-electron chi connectivity index (χ3n) is 6.57. The van der Waals surface area contributed by atoms with Crippen molar-refractivity contribution in [1.82, 2.24) is 15.5 Å². The maximum Gasteiger partial charge on any atom is 0.319 e. The summed E-state index contributed by atoms with van der Waals surface area (Å²) in [4.78, 5) is 13.7. The molecule has 178 valence electrons. The maximum absolute atomic E-state index is 12.3. The van der Waals surface area contributed by atoms with Gasteiger partial charge in [0.2, 0.25) is 0 Å². The Labute approximate surface area is 197 Å². The zero-order valence-electron chi connectivity index (χ0n) is 18.4. The number of fused-ring (bicyclic) bond motifs is 1. The van der Waals surface area contributed by atoms with Gasteiger partial charge in [-0.1, -0.05) is 29.8 Å². The standard InChI is InChI=1S/C23H29ClN4O5/c1-12-3-5-14(10-17(12)24)26-22(33)25-11-13-4-6-15-16(9-13)20(31)28(19(15)30)23(2)8-7-18(29)27-21(23)32/h3-6,9-10,18-21,27,29-32H,7-8,11H2,1-2H3,(H2,25,26,33). The fraction of sp³-hybridized carbons (Fsp3) is 0.435. The first kappa shape index (κ1) is 23.9. The highest BCUT2D eigenvalue weighted by Gasteiger charge is 2.52. The van der Waals surface area contributed by atoms with Crippen LogP contribution in [0.5, 0.6) is 0 Å². The van der Waals surface area contributed by atoms with Crippen molar-refractivity contribution in [2.45, 2.75) is 63.7 Å². The first-order valence-electron chi connectivity index (χ1n) is 10.8. The highest BCUT2D eigenvalue weighted by Crippen LogP contribution is 2.47. The number of anilines is 1. The number of carbonyl (C=O) groups excluding carboxylic acids is 1. The number of carbonyl (C=O) groups is 1. The van der Waals surface area contributed by atoms with Gasteiger partial charge in [-0.25, -0.2) is 9.69 Å². The number of nitrogens with one attached hydrogen (secondary N) is 3. The van der Waals surface area contributed by atoms with Crippen LogP contribution in [-0.4, -0.2) is 49.4 Å². The first-order chi connectivity index (χ1) is 15.6.